The highest BCUT2D eigenvalue weighted by Gasteiger charge is 2.24. The topological polar surface area (TPSA) is 47.3 Å². The molecule has 4 heteroatoms. The van der Waals surface area contributed by atoms with Crippen molar-refractivity contribution >= 4 is 16.8 Å². The Morgan fingerprint density at radius 2 is 1.90 bits per heavy atom. The number of fused-ring (bicyclic) bond motifs is 1. The Bertz CT molecular complexity index is 610. The predicted octanol–water partition coefficient (Wildman–Crippen LogP) is 4.32. The van der Waals surface area contributed by atoms with Crippen LogP contribution in [0.4, 0.5) is 5.69 Å². The average molecular weight is 288 g/mol. The van der Waals surface area contributed by atoms with E-state index in [0.29, 0.717) is 24.2 Å². The second kappa shape index (κ2) is 5.68. The maximum atomic E-state index is 5.79. The summed E-state index contributed by atoms with van der Waals surface area (Å²) < 4.78 is 11.5. The molecule has 2 atom stereocenters. The van der Waals surface area contributed by atoms with Crippen LogP contribution in [0.25, 0.3) is 11.1 Å². The zero-order valence-corrected chi connectivity index (χ0v) is 13.2. The van der Waals surface area contributed by atoms with Gasteiger partial charge in [-0.25, -0.2) is 4.98 Å². The summed E-state index contributed by atoms with van der Waals surface area (Å²) in [5.41, 5.74) is 2.90. The summed E-state index contributed by atoms with van der Waals surface area (Å²) in [5.74, 6) is 1.11. The molecule has 0 spiro atoms. The monoisotopic (exact) mass is 288 g/mol. The Morgan fingerprint density at radius 1 is 1.19 bits per heavy atom. The minimum Gasteiger partial charge on any atom is -0.440 e. The summed E-state index contributed by atoms with van der Waals surface area (Å²) in [6, 6.07) is 6.61. The number of benzene rings is 1. The zero-order valence-electron chi connectivity index (χ0n) is 13.2. The van der Waals surface area contributed by atoms with Crippen LogP contribution in [-0.2, 0) is 4.74 Å². The van der Waals surface area contributed by atoms with E-state index in [2.05, 4.69) is 50.1 Å². The van der Waals surface area contributed by atoms with Gasteiger partial charge >= 0.3 is 0 Å². The minimum absolute atomic E-state index is 0.311. The van der Waals surface area contributed by atoms with Crippen molar-refractivity contribution in [2.24, 2.45) is 0 Å². The van der Waals surface area contributed by atoms with Crippen LogP contribution in [0.2, 0.25) is 0 Å². The largest absolute Gasteiger partial charge is 0.440 e. The molecule has 1 saturated heterocycles. The van der Waals surface area contributed by atoms with Gasteiger partial charge in [0.25, 0.3) is 0 Å². The van der Waals surface area contributed by atoms with Crippen LogP contribution in [0.1, 0.15) is 52.3 Å². The number of aromatic nitrogens is 1. The Balaban J connectivity index is 1.77. The number of ether oxygens (including phenoxy) is 1. The van der Waals surface area contributed by atoms with Crippen molar-refractivity contribution in [2.45, 2.75) is 64.7 Å². The van der Waals surface area contributed by atoms with Gasteiger partial charge in [0, 0.05) is 17.6 Å². The lowest BCUT2D eigenvalue weighted by Crippen LogP contribution is -2.36. The van der Waals surface area contributed by atoms with E-state index in [-0.39, 0.29) is 0 Å². The number of hydrogen-bond donors (Lipinski definition) is 1. The van der Waals surface area contributed by atoms with Gasteiger partial charge in [0.2, 0.25) is 0 Å². The van der Waals surface area contributed by atoms with Crippen LogP contribution in [0, 0.1) is 0 Å². The lowest BCUT2D eigenvalue weighted by molar-refractivity contribution is -0.0337. The number of nitrogens with one attached hydrogen (secondary N) is 1. The summed E-state index contributed by atoms with van der Waals surface area (Å²) in [4.78, 5) is 4.56. The van der Waals surface area contributed by atoms with E-state index in [1.165, 1.54) is 0 Å². The van der Waals surface area contributed by atoms with Crippen molar-refractivity contribution in [3.63, 3.8) is 0 Å². The molecule has 1 aromatic heterocycles. The van der Waals surface area contributed by atoms with Gasteiger partial charge < -0.3 is 14.5 Å². The summed E-state index contributed by atoms with van der Waals surface area (Å²) in [7, 11) is 0. The van der Waals surface area contributed by atoms with Gasteiger partial charge in [-0.05, 0) is 44.9 Å². The maximum absolute atomic E-state index is 5.79. The summed E-state index contributed by atoms with van der Waals surface area (Å²) in [6.07, 6.45) is 2.71. The minimum atomic E-state index is 0.311. The van der Waals surface area contributed by atoms with E-state index < -0.39 is 0 Å². The number of nitrogens with zero attached hydrogens (tertiary/aromatic N) is 1. The predicted molar refractivity (Wildman–Crippen MR) is 84.8 cm³/mol. The Hall–Kier alpha value is -1.55. The van der Waals surface area contributed by atoms with Crippen molar-refractivity contribution in [1.29, 1.82) is 0 Å². The summed E-state index contributed by atoms with van der Waals surface area (Å²) in [5, 5.41) is 3.61. The van der Waals surface area contributed by atoms with Crippen LogP contribution in [0.5, 0.6) is 0 Å². The van der Waals surface area contributed by atoms with Gasteiger partial charge in [-0.15, -0.1) is 0 Å². The van der Waals surface area contributed by atoms with Crippen molar-refractivity contribution in [3.8, 4) is 0 Å². The van der Waals surface area contributed by atoms with Crippen molar-refractivity contribution in [2.75, 3.05) is 5.32 Å². The molecule has 0 amide bonds. The third-order valence-electron chi connectivity index (χ3n) is 3.97. The van der Waals surface area contributed by atoms with E-state index >= 15 is 0 Å². The molecule has 0 saturated carbocycles. The number of oxazole rings is 1. The fraction of sp³-hybridized carbons (Fsp3) is 0.588. The molecule has 1 aromatic carbocycles. The molecule has 2 heterocycles. The van der Waals surface area contributed by atoms with Crippen molar-refractivity contribution in [1.82, 2.24) is 4.98 Å². The third-order valence-corrected chi connectivity index (χ3v) is 3.97. The van der Waals surface area contributed by atoms with Gasteiger partial charge in [0.05, 0.1) is 12.2 Å². The molecule has 1 N–H and O–H groups in total. The highest BCUT2D eigenvalue weighted by molar-refractivity contribution is 5.77. The molecule has 1 aliphatic rings. The molecule has 0 radical (unpaired) electrons. The molecule has 1 aliphatic heterocycles. The quantitative estimate of drug-likeness (QED) is 0.913. The first kappa shape index (κ1) is 14.4. The first-order chi connectivity index (χ1) is 10.0. The van der Waals surface area contributed by atoms with Gasteiger partial charge in [-0.1, -0.05) is 13.8 Å². The first-order valence-electron chi connectivity index (χ1n) is 7.83. The Morgan fingerprint density at radius 3 is 2.57 bits per heavy atom. The molecule has 21 heavy (non-hydrogen) atoms. The third kappa shape index (κ3) is 3.21. The zero-order chi connectivity index (χ0) is 15.0. The van der Waals surface area contributed by atoms with Gasteiger partial charge in [0.15, 0.2) is 11.5 Å². The Labute approximate surface area is 125 Å². The van der Waals surface area contributed by atoms with Crippen molar-refractivity contribution < 1.29 is 9.15 Å². The lowest BCUT2D eigenvalue weighted by atomic mass is 9.99. The number of anilines is 1. The highest BCUT2D eigenvalue weighted by Crippen LogP contribution is 2.26. The summed E-state index contributed by atoms with van der Waals surface area (Å²) in [6.45, 7) is 8.46. The standard InChI is InChI=1S/C17H24N2O2/c1-10(2)17-19-15-9-13(5-6-16(15)21-17)18-14-7-11(3)20-12(4)8-14/h5-6,9-12,14,18H,7-8H2,1-4H3. The number of hydrogen-bond acceptors (Lipinski definition) is 4. The first-order valence-corrected chi connectivity index (χ1v) is 7.83. The molecular weight excluding hydrogens is 264 g/mol. The molecular formula is C17H24N2O2. The van der Waals surface area contributed by atoms with E-state index in [1.807, 2.05) is 6.07 Å². The van der Waals surface area contributed by atoms with Gasteiger partial charge in [-0.3, -0.25) is 0 Å². The molecule has 1 fully saturated rings. The average Bonchev–Trinajstić information content (AvgIpc) is 2.80. The van der Waals surface area contributed by atoms with Crippen molar-refractivity contribution in [3.05, 3.63) is 24.1 Å². The molecule has 0 aliphatic carbocycles. The fourth-order valence-corrected chi connectivity index (χ4v) is 3.04. The normalized spacial score (nSPS) is 26.4. The van der Waals surface area contributed by atoms with Crippen LogP contribution in [0.3, 0.4) is 0 Å². The fourth-order valence-electron chi connectivity index (χ4n) is 3.04. The molecule has 2 unspecified atom stereocenters. The lowest BCUT2D eigenvalue weighted by Gasteiger charge is -2.33. The van der Waals surface area contributed by atoms with E-state index in [0.717, 1.165) is 35.5 Å². The van der Waals surface area contributed by atoms with Crippen LogP contribution < -0.4 is 5.32 Å². The number of rotatable bonds is 3. The molecule has 0 bridgehead atoms. The van der Waals surface area contributed by atoms with Crippen LogP contribution >= 0.6 is 0 Å². The molecule has 2 aromatic rings. The van der Waals surface area contributed by atoms with Crippen LogP contribution in [0.15, 0.2) is 22.6 Å². The molecule has 3 rings (SSSR count). The Kier molecular flexibility index (Phi) is 3.89. The maximum Gasteiger partial charge on any atom is 0.198 e. The van der Waals surface area contributed by atoms with E-state index in [9.17, 15) is 0 Å². The second-order valence-electron chi connectivity index (χ2n) is 6.46. The summed E-state index contributed by atoms with van der Waals surface area (Å²) >= 11 is 0. The van der Waals surface area contributed by atoms with Crippen LogP contribution in [-0.4, -0.2) is 23.2 Å². The molecule has 114 valence electrons. The van der Waals surface area contributed by atoms with E-state index in [1.54, 1.807) is 0 Å². The van der Waals surface area contributed by atoms with Gasteiger partial charge in [-0.2, -0.15) is 0 Å². The smallest absolute Gasteiger partial charge is 0.198 e. The second-order valence-corrected chi connectivity index (χ2v) is 6.46. The van der Waals surface area contributed by atoms with E-state index in [4.69, 9.17) is 9.15 Å². The SMILES string of the molecule is CC1CC(Nc2ccc3oc(C(C)C)nc3c2)CC(C)O1. The molecule has 4 nitrogen and oxygen atoms in total. The highest BCUT2D eigenvalue weighted by atomic mass is 16.5. The van der Waals surface area contributed by atoms with Gasteiger partial charge in [0.1, 0.15) is 5.52 Å².